The Morgan fingerprint density at radius 1 is 1.00 bits per heavy atom. The van der Waals surface area contributed by atoms with Gasteiger partial charge in [0.15, 0.2) is 0 Å². The summed E-state index contributed by atoms with van der Waals surface area (Å²) >= 11 is 0. The number of fused-ring (bicyclic) bond motifs is 1. The summed E-state index contributed by atoms with van der Waals surface area (Å²) in [4.78, 5) is 11.5. The number of hydrogen-bond acceptors (Lipinski definition) is 6. The molecule has 0 unspecified atom stereocenters. The minimum absolute atomic E-state index is 0.0463. The number of sulfonamides is 1. The van der Waals surface area contributed by atoms with Crippen LogP contribution in [0.4, 0.5) is 11.4 Å². The van der Waals surface area contributed by atoms with Crippen LogP contribution in [0.25, 0.3) is 0 Å². The van der Waals surface area contributed by atoms with Crippen molar-refractivity contribution in [2.75, 3.05) is 42.6 Å². The first kappa shape index (κ1) is 21.9. The molecular formula is C21H27N3O5S. The Hall–Kier alpha value is -2.78. The lowest BCUT2D eigenvalue weighted by molar-refractivity contribution is -0.116. The number of carbonyl (C=O) groups excluding carboxylic acids is 1. The van der Waals surface area contributed by atoms with Crippen molar-refractivity contribution in [1.82, 2.24) is 5.32 Å². The van der Waals surface area contributed by atoms with E-state index in [2.05, 4.69) is 15.4 Å². The zero-order valence-corrected chi connectivity index (χ0v) is 17.8. The number of rotatable bonds is 11. The number of ether oxygens (including phenoxy) is 2. The predicted octanol–water partition coefficient (Wildman–Crippen LogP) is 2.38. The van der Waals surface area contributed by atoms with Crippen molar-refractivity contribution >= 4 is 27.3 Å². The summed E-state index contributed by atoms with van der Waals surface area (Å²) < 4.78 is 36.3. The van der Waals surface area contributed by atoms with Crippen LogP contribution < -0.4 is 24.8 Å². The third kappa shape index (κ3) is 6.93. The lowest BCUT2D eigenvalue weighted by atomic mass is 10.0. The third-order valence-corrected chi connectivity index (χ3v) is 5.08. The molecule has 30 heavy (non-hydrogen) atoms. The largest absolute Gasteiger partial charge is 0.494 e. The highest BCUT2D eigenvalue weighted by atomic mass is 32.2. The number of carbonyl (C=O) groups is 1. The van der Waals surface area contributed by atoms with Crippen LogP contribution in [0.2, 0.25) is 0 Å². The monoisotopic (exact) mass is 433 g/mol. The molecule has 0 fully saturated rings. The molecule has 1 aliphatic rings. The van der Waals surface area contributed by atoms with Gasteiger partial charge in [-0.3, -0.25) is 9.52 Å². The number of anilines is 2. The first-order valence-electron chi connectivity index (χ1n) is 9.87. The second-order valence-corrected chi connectivity index (χ2v) is 8.78. The molecule has 3 rings (SSSR count). The van der Waals surface area contributed by atoms with E-state index in [1.165, 1.54) is 0 Å². The molecule has 1 heterocycles. The van der Waals surface area contributed by atoms with E-state index in [9.17, 15) is 13.2 Å². The van der Waals surface area contributed by atoms with Crippen molar-refractivity contribution in [1.29, 1.82) is 0 Å². The molecule has 0 saturated heterocycles. The summed E-state index contributed by atoms with van der Waals surface area (Å²) in [6.07, 6.45) is 3.13. The number of benzene rings is 2. The molecule has 0 aliphatic carbocycles. The molecule has 0 spiro atoms. The third-order valence-electron chi connectivity index (χ3n) is 4.47. The van der Waals surface area contributed by atoms with Crippen molar-refractivity contribution < 1.29 is 22.7 Å². The van der Waals surface area contributed by atoms with Gasteiger partial charge in [-0.05, 0) is 55.8 Å². The van der Waals surface area contributed by atoms with Gasteiger partial charge in [-0.15, -0.1) is 0 Å². The van der Waals surface area contributed by atoms with Crippen LogP contribution in [0.5, 0.6) is 11.5 Å². The second kappa shape index (κ2) is 10.3. The van der Waals surface area contributed by atoms with Gasteiger partial charge in [0, 0.05) is 29.9 Å². The Morgan fingerprint density at radius 3 is 2.57 bits per heavy atom. The fourth-order valence-corrected chi connectivity index (χ4v) is 3.67. The van der Waals surface area contributed by atoms with E-state index in [-0.39, 0.29) is 5.91 Å². The van der Waals surface area contributed by atoms with Gasteiger partial charge < -0.3 is 20.1 Å². The van der Waals surface area contributed by atoms with Crippen molar-refractivity contribution in [2.24, 2.45) is 0 Å². The summed E-state index contributed by atoms with van der Waals surface area (Å²) in [5.74, 6) is 1.56. The minimum Gasteiger partial charge on any atom is -0.494 e. The van der Waals surface area contributed by atoms with Crippen molar-refractivity contribution in [3.05, 3.63) is 48.0 Å². The van der Waals surface area contributed by atoms with Gasteiger partial charge in [-0.2, -0.15) is 0 Å². The molecule has 2 aromatic carbocycles. The van der Waals surface area contributed by atoms with E-state index < -0.39 is 10.0 Å². The lowest BCUT2D eigenvalue weighted by Gasteiger charge is -2.20. The molecule has 0 bridgehead atoms. The lowest BCUT2D eigenvalue weighted by Crippen LogP contribution is -2.24. The number of amides is 1. The minimum atomic E-state index is -3.27. The van der Waals surface area contributed by atoms with Crippen LogP contribution in [0.1, 0.15) is 18.4 Å². The van der Waals surface area contributed by atoms with Crippen LogP contribution in [-0.2, 0) is 21.2 Å². The second-order valence-electron chi connectivity index (χ2n) is 7.03. The van der Waals surface area contributed by atoms with Gasteiger partial charge in [0.25, 0.3) is 0 Å². The quantitative estimate of drug-likeness (QED) is 0.470. The van der Waals surface area contributed by atoms with E-state index in [1.54, 1.807) is 24.3 Å². The molecule has 0 aromatic heterocycles. The first-order valence-corrected chi connectivity index (χ1v) is 11.8. The van der Waals surface area contributed by atoms with Gasteiger partial charge >= 0.3 is 0 Å². The zero-order chi connectivity index (χ0) is 21.4. The highest BCUT2D eigenvalue weighted by Crippen LogP contribution is 2.30. The number of hydrogen-bond donors (Lipinski definition) is 3. The maximum absolute atomic E-state index is 11.5. The summed E-state index contributed by atoms with van der Waals surface area (Å²) in [5, 5.41) is 6.19. The molecular weight excluding hydrogens is 406 g/mol. The number of nitrogens with one attached hydrogen (secondary N) is 3. The SMILES string of the molecule is CS(=O)(=O)Nc1ccc(OCCCNCCOc2cccc3c2CCC(=O)N3)cc1. The fourth-order valence-electron chi connectivity index (χ4n) is 3.11. The smallest absolute Gasteiger partial charge is 0.229 e. The normalized spacial score (nSPS) is 13.3. The Bertz CT molecular complexity index is 961. The average molecular weight is 434 g/mol. The Balaban J connectivity index is 1.29. The molecule has 0 saturated carbocycles. The molecule has 1 aliphatic heterocycles. The Labute approximate surface area is 177 Å². The van der Waals surface area contributed by atoms with E-state index in [1.807, 2.05) is 18.2 Å². The van der Waals surface area contributed by atoms with Gasteiger partial charge in [-0.1, -0.05) is 6.07 Å². The molecule has 0 atom stereocenters. The average Bonchev–Trinajstić information content (AvgIpc) is 2.70. The van der Waals surface area contributed by atoms with Gasteiger partial charge in [-0.25, -0.2) is 8.42 Å². The molecule has 3 N–H and O–H groups in total. The van der Waals surface area contributed by atoms with Crippen LogP contribution >= 0.6 is 0 Å². The van der Waals surface area contributed by atoms with Crippen molar-refractivity contribution in [3.8, 4) is 11.5 Å². The molecule has 162 valence electrons. The molecule has 0 radical (unpaired) electrons. The maximum atomic E-state index is 11.5. The fraction of sp³-hybridized carbons (Fsp3) is 0.381. The van der Waals surface area contributed by atoms with Crippen LogP contribution in [-0.4, -0.2) is 46.9 Å². The van der Waals surface area contributed by atoms with E-state index in [0.717, 1.165) is 36.2 Å². The van der Waals surface area contributed by atoms with Crippen molar-refractivity contribution in [3.63, 3.8) is 0 Å². The Kier molecular flexibility index (Phi) is 7.53. The summed E-state index contributed by atoms with van der Waals surface area (Å²) in [5.41, 5.74) is 2.41. The van der Waals surface area contributed by atoms with E-state index in [4.69, 9.17) is 9.47 Å². The van der Waals surface area contributed by atoms with Gasteiger partial charge in [0.1, 0.15) is 18.1 Å². The highest BCUT2D eigenvalue weighted by Gasteiger charge is 2.18. The Morgan fingerprint density at radius 2 is 1.80 bits per heavy atom. The molecule has 8 nitrogen and oxygen atoms in total. The summed E-state index contributed by atoms with van der Waals surface area (Å²) in [6, 6.07) is 12.5. The van der Waals surface area contributed by atoms with Crippen molar-refractivity contribution in [2.45, 2.75) is 19.3 Å². The van der Waals surface area contributed by atoms with Gasteiger partial charge in [0.2, 0.25) is 15.9 Å². The zero-order valence-electron chi connectivity index (χ0n) is 16.9. The topological polar surface area (TPSA) is 106 Å². The summed E-state index contributed by atoms with van der Waals surface area (Å²) in [7, 11) is -3.27. The summed E-state index contributed by atoms with van der Waals surface area (Å²) in [6.45, 7) is 2.60. The van der Waals surface area contributed by atoms with E-state index in [0.29, 0.717) is 44.0 Å². The van der Waals surface area contributed by atoms with E-state index >= 15 is 0 Å². The standard InChI is InChI=1S/C21H27N3O5S/c1-30(26,27)24-16-6-8-17(9-7-16)28-14-3-12-22-13-15-29-20-5-2-4-19-18(20)10-11-21(25)23-19/h2,4-9,22,24H,3,10-15H2,1H3,(H,23,25). The molecule has 2 aromatic rings. The maximum Gasteiger partial charge on any atom is 0.229 e. The highest BCUT2D eigenvalue weighted by molar-refractivity contribution is 7.92. The van der Waals surface area contributed by atoms with Crippen LogP contribution in [0.3, 0.4) is 0 Å². The first-order chi connectivity index (χ1) is 14.4. The van der Waals surface area contributed by atoms with Gasteiger partial charge in [0.05, 0.1) is 12.9 Å². The molecule has 9 heteroatoms. The predicted molar refractivity (Wildman–Crippen MR) is 117 cm³/mol. The van der Waals surface area contributed by atoms with Crippen LogP contribution in [0, 0.1) is 0 Å². The van der Waals surface area contributed by atoms with Crippen LogP contribution in [0.15, 0.2) is 42.5 Å². The molecule has 1 amide bonds.